The third-order valence-corrected chi connectivity index (χ3v) is 6.53. The second-order valence-electron chi connectivity index (χ2n) is 7.20. The van der Waals surface area contributed by atoms with Crippen molar-refractivity contribution >= 4 is 35.2 Å². The van der Waals surface area contributed by atoms with Gasteiger partial charge in [0.1, 0.15) is 5.75 Å². The lowest BCUT2D eigenvalue weighted by molar-refractivity contribution is 0.256. The number of guanidine groups is 1. The fourth-order valence-corrected chi connectivity index (χ4v) is 4.57. The molecule has 0 spiro atoms. The third-order valence-electron chi connectivity index (χ3n) is 5.36. The van der Waals surface area contributed by atoms with Gasteiger partial charge >= 0.3 is 0 Å². The first-order valence-electron chi connectivity index (χ1n) is 9.64. The van der Waals surface area contributed by atoms with Gasteiger partial charge in [0, 0.05) is 0 Å². The van der Waals surface area contributed by atoms with Crippen molar-refractivity contribution in [1.29, 1.82) is 0 Å². The van der Waals surface area contributed by atoms with Gasteiger partial charge < -0.3 is 10.1 Å². The molecule has 146 valence electrons. The van der Waals surface area contributed by atoms with E-state index in [2.05, 4.69) is 34.3 Å². The van der Waals surface area contributed by atoms with Crippen molar-refractivity contribution in [1.82, 2.24) is 4.72 Å². The van der Waals surface area contributed by atoms with Crippen LogP contribution in [0.5, 0.6) is 11.5 Å². The Kier molecular flexibility index (Phi) is 4.86. The molecule has 0 saturated heterocycles. The van der Waals surface area contributed by atoms with E-state index < -0.39 is 0 Å². The van der Waals surface area contributed by atoms with E-state index in [4.69, 9.17) is 21.3 Å². The molecule has 0 unspecified atom stereocenters. The van der Waals surface area contributed by atoms with Gasteiger partial charge in [0.25, 0.3) is 0 Å². The predicted molar refractivity (Wildman–Crippen MR) is 120 cm³/mol. The number of benzene rings is 3. The molecular formula is C23H20ClN3OS. The van der Waals surface area contributed by atoms with Crippen molar-refractivity contribution in [2.45, 2.75) is 29.7 Å². The fraction of sp³-hybridized carbons (Fsp3) is 0.174. The molecule has 6 heteroatoms. The Morgan fingerprint density at radius 3 is 2.41 bits per heavy atom. The van der Waals surface area contributed by atoms with Gasteiger partial charge in [-0.25, -0.2) is 4.99 Å². The minimum atomic E-state index is -0.160. The summed E-state index contributed by atoms with van der Waals surface area (Å²) in [4.78, 5) is 6.15. The highest BCUT2D eigenvalue weighted by molar-refractivity contribution is 7.98. The van der Waals surface area contributed by atoms with Gasteiger partial charge in [-0.15, -0.1) is 0 Å². The van der Waals surface area contributed by atoms with Crippen molar-refractivity contribution in [3.8, 4) is 11.5 Å². The summed E-state index contributed by atoms with van der Waals surface area (Å²) in [6.07, 6.45) is 3.30. The van der Waals surface area contributed by atoms with Gasteiger partial charge in [0.15, 0.2) is 5.75 Å². The van der Waals surface area contributed by atoms with Crippen LogP contribution in [0, 0.1) is 0 Å². The maximum Gasteiger partial charge on any atom is 0.207 e. The summed E-state index contributed by atoms with van der Waals surface area (Å²) in [5.74, 6) is 2.10. The molecule has 1 heterocycles. The molecule has 1 fully saturated rings. The summed E-state index contributed by atoms with van der Waals surface area (Å²) < 4.78 is 9.47. The maximum atomic E-state index is 6.28. The number of para-hydroxylation sites is 2. The first-order chi connectivity index (χ1) is 14.2. The first-order valence-corrected chi connectivity index (χ1v) is 10.8. The Hall–Kier alpha value is -2.63. The molecule has 0 atom stereocenters. The van der Waals surface area contributed by atoms with Crippen LogP contribution in [-0.4, -0.2) is 5.96 Å². The minimum absolute atomic E-state index is 0.160. The predicted octanol–water partition coefficient (Wildman–Crippen LogP) is 6.59. The number of anilines is 1. The largest absolute Gasteiger partial charge is 0.454 e. The lowest BCUT2D eigenvalue weighted by Crippen LogP contribution is -2.38. The summed E-state index contributed by atoms with van der Waals surface area (Å²) in [5.41, 5.74) is 2.00. The van der Waals surface area contributed by atoms with Crippen LogP contribution < -0.4 is 14.8 Å². The van der Waals surface area contributed by atoms with Gasteiger partial charge in [-0.05, 0) is 61.0 Å². The van der Waals surface area contributed by atoms with Crippen molar-refractivity contribution in [2.75, 3.05) is 5.32 Å². The zero-order chi connectivity index (χ0) is 19.7. The van der Waals surface area contributed by atoms with E-state index in [1.807, 2.05) is 48.5 Å². The van der Waals surface area contributed by atoms with Gasteiger partial charge in [-0.1, -0.05) is 60.1 Å². The monoisotopic (exact) mass is 421 g/mol. The Bertz CT molecular complexity index is 1070. The third kappa shape index (κ3) is 3.56. The summed E-state index contributed by atoms with van der Waals surface area (Å²) in [7, 11) is 0. The number of fused-ring (bicyclic) bond motifs is 1. The minimum Gasteiger partial charge on any atom is -0.454 e. The van der Waals surface area contributed by atoms with E-state index >= 15 is 0 Å². The maximum absolute atomic E-state index is 6.28. The number of hydrogen-bond acceptors (Lipinski definition) is 3. The molecule has 0 amide bonds. The quantitative estimate of drug-likeness (QED) is 0.466. The summed E-state index contributed by atoms with van der Waals surface area (Å²) >= 11 is 7.82. The summed E-state index contributed by atoms with van der Waals surface area (Å²) in [5, 5.41) is 4.03. The van der Waals surface area contributed by atoms with Crippen molar-refractivity contribution < 1.29 is 4.74 Å². The number of nitrogens with zero attached hydrogens (tertiary/aromatic N) is 1. The second kappa shape index (κ2) is 7.65. The van der Waals surface area contributed by atoms with Gasteiger partial charge in [-0.2, -0.15) is 0 Å². The Balaban J connectivity index is 1.46. The first kappa shape index (κ1) is 18.4. The highest BCUT2D eigenvalue weighted by atomic mass is 35.5. The standard InChI is InChI=1S/C23H20ClN3OS/c24-17-10-4-5-11-18(17)28-19-12-6-13-20-21(19)25-22(27-29-20)26-23(14-7-15-23)16-8-2-1-3-9-16/h1-6,8-13H,7,14-15H2,(H2,25,26,27). The van der Waals surface area contributed by atoms with E-state index in [0.29, 0.717) is 10.8 Å². The molecule has 0 bridgehead atoms. The van der Waals surface area contributed by atoms with Crippen LogP contribution in [0.2, 0.25) is 5.02 Å². The molecule has 29 heavy (non-hydrogen) atoms. The average molecular weight is 422 g/mol. The van der Waals surface area contributed by atoms with Gasteiger partial charge in [0.2, 0.25) is 5.96 Å². The molecule has 1 saturated carbocycles. The normalized spacial score (nSPS) is 18.2. The number of ether oxygens (including phenoxy) is 1. The van der Waals surface area contributed by atoms with Gasteiger partial charge in [-0.3, -0.25) is 4.72 Å². The lowest BCUT2D eigenvalue weighted by Gasteiger charge is -2.39. The Morgan fingerprint density at radius 2 is 1.66 bits per heavy atom. The number of nitrogens with one attached hydrogen (secondary N) is 2. The van der Waals surface area contributed by atoms with Crippen molar-refractivity contribution in [2.24, 2.45) is 4.99 Å². The molecular weight excluding hydrogens is 402 g/mol. The molecule has 3 aromatic rings. The molecule has 2 aliphatic rings. The zero-order valence-corrected chi connectivity index (χ0v) is 17.3. The number of aliphatic imine (C=N–C) groups is 1. The summed E-state index contributed by atoms with van der Waals surface area (Å²) in [6, 6.07) is 24.0. The topological polar surface area (TPSA) is 45.6 Å². The Labute approximate surface area is 179 Å². The second-order valence-corrected chi connectivity index (χ2v) is 8.46. The molecule has 1 aliphatic heterocycles. The molecule has 2 N–H and O–H groups in total. The molecule has 4 nitrogen and oxygen atoms in total. The lowest BCUT2D eigenvalue weighted by atomic mass is 9.72. The van der Waals surface area contributed by atoms with Crippen LogP contribution >= 0.6 is 23.5 Å². The van der Waals surface area contributed by atoms with Crippen LogP contribution in [0.3, 0.4) is 0 Å². The zero-order valence-electron chi connectivity index (χ0n) is 15.7. The average Bonchev–Trinajstić information content (AvgIpc) is 2.73. The smallest absolute Gasteiger partial charge is 0.207 e. The van der Waals surface area contributed by atoms with Crippen LogP contribution in [0.1, 0.15) is 24.8 Å². The van der Waals surface area contributed by atoms with E-state index in [1.54, 1.807) is 0 Å². The number of halogens is 1. The highest BCUT2D eigenvalue weighted by Crippen LogP contribution is 2.46. The van der Waals surface area contributed by atoms with E-state index in [-0.39, 0.29) is 5.54 Å². The summed E-state index contributed by atoms with van der Waals surface area (Å²) in [6.45, 7) is 0. The van der Waals surface area contributed by atoms with Gasteiger partial charge in [0.05, 0.1) is 21.1 Å². The van der Waals surface area contributed by atoms with E-state index in [9.17, 15) is 0 Å². The molecule has 1 aliphatic carbocycles. The fourth-order valence-electron chi connectivity index (χ4n) is 3.69. The van der Waals surface area contributed by atoms with Crippen LogP contribution in [0.15, 0.2) is 82.7 Å². The van der Waals surface area contributed by atoms with Crippen molar-refractivity contribution in [3.05, 3.63) is 83.4 Å². The van der Waals surface area contributed by atoms with E-state index in [1.165, 1.54) is 23.9 Å². The van der Waals surface area contributed by atoms with E-state index in [0.717, 1.165) is 35.1 Å². The number of rotatable bonds is 4. The number of hydrogen-bond donors (Lipinski definition) is 2. The highest BCUT2D eigenvalue weighted by Gasteiger charge is 2.39. The van der Waals surface area contributed by atoms with Crippen LogP contribution in [0.4, 0.5) is 5.69 Å². The van der Waals surface area contributed by atoms with Crippen molar-refractivity contribution in [3.63, 3.8) is 0 Å². The van der Waals surface area contributed by atoms with Crippen LogP contribution in [-0.2, 0) is 5.54 Å². The molecule has 0 aromatic heterocycles. The Morgan fingerprint density at radius 1 is 0.897 bits per heavy atom. The molecule has 3 aromatic carbocycles. The molecule has 5 rings (SSSR count). The molecule has 0 radical (unpaired) electrons. The SMILES string of the molecule is Clc1ccccc1Oc1cccc2c1NC(=NC1(c3ccccc3)CCC1)NS2. The van der Waals surface area contributed by atoms with Crippen LogP contribution in [0.25, 0.3) is 0 Å².